The summed E-state index contributed by atoms with van der Waals surface area (Å²) in [4.78, 5) is 24.7. The molecule has 1 aliphatic rings. The zero-order valence-corrected chi connectivity index (χ0v) is 15.8. The summed E-state index contributed by atoms with van der Waals surface area (Å²) in [6.07, 6.45) is 4.48. The molecule has 1 fully saturated rings. The molecule has 2 amide bonds. The van der Waals surface area contributed by atoms with Gasteiger partial charge in [-0.1, -0.05) is 54.8 Å². The van der Waals surface area contributed by atoms with Gasteiger partial charge in [-0.05, 0) is 37.5 Å². The smallest absolute Gasteiger partial charge is 0.253 e. The summed E-state index contributed by atoms with van der Waals surface area (Å²) >= 11 is 0. The van der Waals surface area contributed by atoms with Crippen LogP contribution < -0.4 is 16.0 Å². The van der Waals surface area contributed by atoms with Crippen molar-refractivity contribution in [2.24, 2.45) is 0 Å². The van der Waals surface area contributed by atoms with Crippen molar-refractivity contribution in [2.45, 2.75) is 45.2 Å². The molecule has 1 saturated carbocycles. The molecule has 2 aromatic rings. The highest BCUT2D eigenvalue weighted by molar-refractivity contribution is 6.00. The summed E-state index contributed by atoms with van der Waals surface area (Å²) in [5, 5.41) is 9.09. The van der Waals surface area contributed by atoms with E-state index in [4.69, 9.17) is 0 Å². The maximum absolute atomic E-state index is 12.6. The Labute approximate surface area is 160 Å². The molecule has 0 spiro atoms. The van der Waals surface area contributed by atoms with E-state index in [2.05, 4.69) is 16.0 Å². The highest BCUT2D eigenvalue weighted by Crippen LogP contribution is 2.18. The number of hydrogen-bond donors (Lipinski definition) is 3. The minimum atomic E-state index is -0.158. The van der Waals surface area contributed by atoms with Crippen LogP contribution in [0.1, 0.15) is 47.2 Å². The van der Waals surface area contributed by atoms with E-state index >= 15 is 0 Å². The first-order chi connectivity index (χ1) is 13.1. The lowest BCUT2D eigenvalue weighted by Gasteiger charge is -2.15. The largest absolute Gasteiger partial charge is 0.376 e. The minimum absolute atomic E-state index is 0.0308. The van der Waals surface area contributed by atoms with Gasteiger partial charge in [-0.15, -0.1) is 0 Å². The number of anilines is 1. The molecule has 5 nitrogen and oxygen atoms in total. The Morgan fingerprint density at radius 3 is 2.44 bits per heavy atom. The molecular formula is C22H27N3O2. The fourth-order valence-electron chi connectivity index (χ4n) is 3.34. The van der Waals surface area contributed by atoms with Crippen LogP contribution in [0.2, 0.25) is 0 Å². The second kappa shape index (κ2) is 9.21. The Morgan fingerprint density at radius 2 is 1.70 bits per heavy atom. The summed E-state index contributed by atoms with van der Waals surface area (Å²) in [7, 11) is 0. The molecule has 1 aliphatic carbocycles. The number of amides is 2. The van der Waals surface area contributed by atoms with Crippen molar-refractivity contribution in [1.82, 2.24) is 10.6 Å². The number of nitrogens with one attached hydrogen (secondary N) is 3. The number of para-hydroxylation sites is 1. The minimum Gasteiger partial charge on any atom is -0.376 e. The predicted molar refractivity (Wildman–Crippen MR) is 108 cm³/mol. The third-order valence-electron chi connectivity index (χ3n) is 4.91. The van der Waals surface area contributed by atoms with E-state index in [9.17, 15) is 9.59 Å². The number of carbonyl (C=O) groups is 2. The Bertz CT molecular complexity index is 780. The van der Waals surface area contributed by atoms with Gasteiger partial charge in [0, 0.05) is 18.3 Å². The van der Waals surface area contributed by atoms with Gasteiger partial charge in [0.2, 0.25) is 5.91 Å². The Kier molecular flexibility index (Phi) is 6.47. The quantitative estimate of drug-likeness (QED) is 0.704. The Balaban J connectivity index is 1.54. The van der Waals surface area contributed by atoms with Crippen molar-refractivity contribution in [1.29, 1.82) is 0 Å². The molecule has 27 heavy (non-hydrogen) atoms. The Hall–Kier alpha value is -2.82. The van der Waals surface area contributed by atoms with Crippen LogP contribution in [0.4, 0.5) is 5.69 Å². The van der Waals surface area contributed by atoms with Crippen LogP contribution in [0.15, 0.2) is 48.5 Å². The van der Waals surface area contributed by atoms with Crippen LogP contribution in [0.3, 0.4) is 0 Å². The van der Waals surface area contributed by atoms with E-state index in [1.54, 1.807) is 6.07 Å². The normalized spacial score (nSPS) is 14.0. The first-order valence-corrected chi connectivity index (χ1v) is 9.58. The number of hydrogen-bond acceptors (Lipinski definition) is 3. The van der Waals surface area contributed by atoms with Gasteiger partial charge >= 0.3 is 0 Å². The lowest BCUT2D eigenvalue weighted by molar-refractivity contribution is -0.120. The van der Waals surface area contributed by atoms with Crippen LogP contribution in [0.25, 0.3) is 0 Å². The van der Waals surface area contributed by atoms with E-state index < -0.39 is 0 Å². The summed E-state index contributed by atoms with van der Waals surface area (Å²) < 4.78 is 0. The van der Waals surface area contributed by atoms with Crippen LogP contribution in [-0.2, 0) is 11.3 Å². The molecule has 0 unspecified atom stereocenters. The van der Waals surface area contributed by atoms with Crippen LogP contribution in [0, 0.1) is 6.92 Å². The topological polar surface area (TPSA) is 70.2 Å². The molecule has 142 valence electrons. The van der Waals surface area contributed by atoms with Gasteiger partial charge in [-0.25, -0.2) is 0 Å². The predicted octanol–water partition coefficient (Wildman–Crippen LogP) is 3.40. The second-order valence-corrected chi connectivity index (χ2v) is 7.12. The van der Waals surface area contributed by atoms with Gasteiger partial charge in [0.05, 0.1) is 12.1 Å². The summed E-state index contributed by atoms with van der Waals surface area (Å²) in [6, 6.07) is 15.6. The van der Waals surface area contributed by atoms with Gasteiger partial charge in [0.15, 0.2) is 0 Å². The van der Waals surface area contributed by atoms with Crippen molar-refractivity contribution < 1.29 is 9.59 Å². The Morgan fingerprint density at radius 1 is 1.00 bits per heavy atom. The SMILES string of the molecule is Cc1ccc(CNC(=O)c2ccccc2NCC(=O)NC2CCCC2)cc1. The van der Waals surface area contributed by atoms with Gasteiger partial charge in [0.25, 0.3) is 5.91 Å². The maximum atomic E-state index is 12.6. The third-order valence-corrected chi connectivity index (χ3v) is 4.91. The van der Waals surface area contributed by atoms with Crippen molar-refractivity contribution in [3.05, 3.63) is 65.2 Å². The highest BCUT2D eigenvalue weighted by atomic mass is 16.2. The number of carbonyl (C=O) groups excluding carboxylic acids is 2. The van der Waals surface area contributed by atoms with E-state index in [1.165, 1.54) is 18.4 Å². The fourth-order valence-corrected chi connectivity index (χ4v) is 3.34. The summed E-state index contributed by atoms with van der Waals surface area (Å²) in [6.45, 7) is 2.67. The average molecular weight is 365 g/mol. The van der Waals surface area contributed by atoms with Crippen LogP contribution in [0.5, 0.6) is 0 Å². The molecule has 0 atom stereocenters. The molecule has 5 heteroatoms. The first kappa shape index (κ1) is 19.0. The molecule has 3 N–H and O–H groups in total. The average Bonchev–Trinajstić information content (AvgIpc) is 3.19. The molecule has 0 aromatic heterocycles. The lowest BCUT2D eigenvalue weighted by Crippen LogP contribution is -2.37. The highest BCUT2D eigenvalue weighted by Gasteiger charge is 2.17. The zero-order valence-electron chi connectivity index (χ0n) is 15.8. The van der Waals surface area contributed by atoms with Crippen molar-refractivity contribution in [2.75, 3.05) is 11.9 Å². The number of rotatable bonds is 7. The molecule has 3 rings (SSSR count). The van der Waals surface area contributed by atoms with Crippen LogP contribution in [-0.4, -0.2) is 24.4 Å². The molecule has 0 aliphatic heterocycles. The van der Waals surface area contributed by atoms with Gasteiger partial charge in [-0.3, -0.25) is 9.59 Å². The van der Waals surface area contributed by atoms with Crippen LogP contribution >= 0.6 is 0 Å². The molecule has 0 bridgehead atoms. The van der Waals surface area contributed by atoms with E-state index in [-0.39, 0.29) is 18.4 Å². The molecule has 2 aromatic carbocycles. The fraction of sp³-hybridized carbons (Fsp3) is 0.364. The molecule has 0 radical (unpaired) electrons. The van der Waals surface area contributed by atoms with E-state index in [0.29, 0.717) is 23.8 Å². The van der Waals surface area contributed by atoms with Gasteiger partial charge < -0.3 is 16.0 Å². The molecule has 0 heterocycles. The maximum Gasteiger partial charge on any atom is 0.253 e. The first-order valence-electron chi connectivity index (χ1n) is 9.58. The standard InChI is InChI=1S/C22H27N3O2/c1-16-10-12-17(13-11-16)14-24-22(27)19-8-4-5-9-20(19)23-15-21(26)25-18-6-2-3-7-18/h4-5,8-13,18,23H,2-3,6-7,14-15H2,1H3,(H,24,27)(H,25,26). The lowest BCUT2D eigenvalue weighted by atomic mass is 10.1. The summed E-state index contributed by atoms with van der Waals surface area (Å²) in [5.74, 6) is -0.188. The molecule has 0 saturated heterocycles. The third kappa shape index (κ3) is 5.58. The van der Waals surface area contributed by atoms with Crippen molar-refractivity contribution in [3.8, 4) is 0 Å². The van der Waals surface area contributed by atoms with Crippen molar-refractivity contribution >= 4 is 17.5 Å². The van der Waals surface area contributed by atoms with Crippen molar-refractivity contribution in [3.63, 3.8) is 0 Å². The number of benzene rings is 2. The van der Waals surface area contributed by atoms with E-state index in [0.717, 1.165) is 18.4 Å². The monoisotopic (exact) mass is 365 g/mol. The number of aryl methyl sites for hydroxylation is 1. The molecular weight excluding hydrogens is 338 g/mol. The zero-order chi connectivity index (χ0) is 19.1. The van der Waals surface area contributed by atoms with Gasteiger partial charge in [-0.2, -0.15) is 0 Å². The van der Waals surface area contributed by atoms with E-state index in [1.807, 2.05) is 49.4 Å². The van der Waals surface area contributed by atoms with Gasteiger partial charge in [0.1, 0.15) is 0 Å². The second-order valence-electron chi connectivity index (χ2n) is 7.12. The summed E-state index contributed by atoms with van der Waals surface area (Å²) in [5.41, 5.74) is 3.45.